The second-order valence-electron chi connectivity index (χ2n) is 3.54. The summed E-state index contributed by atoms with van der Waals surface area (Å²) in [4.78, 5) is 26.1. The number of anilines is 2. The zero-order chi connectivity index (χ0) is 12.8. The van der Waals surface area contributed by atoms with E-state index in [1.165, 1.54) is 0 Å². The number of carbonyl (C=O) groups is 2. The van der Waals surface area contributed by atoms with Gasteiger partial charge in [0.15, 0.2) is 0 Å². The lowest BCUT2D eigenvalue weighted by molar-refractivity contribution is -0.105. The molecule has 2 rings (SSSR count). The average Bonchev–Trinajstić information content (AvgIpc) is 2.40. The van der Waals surface area contributed by atoms with Gasteiger partial charge in [0, 0.05) is 17.4 Å². The molecule has 2 aromatic rings. The molecule has 0 fully saturated rings. The Morgan fingerprint density at radius 1 is 1.17 bits per heavy atom. The predicted molar refractivity (Wildman–Crippen MR) is 68.3 cm³/mol. The fraction of sp³-hybridized carbons (Fsp3) is 0. The van der Waals surface area contributed by atoms with Crippen LogP contribution in [0.3, 0.4) is 0 Å². The third-order valence-corrected chi connectivity index (χ3v) is 2.27. The molecule has 5 nitrogen and oxygen atoms in total. The number of rotatable bonds is 4. The lowest BCUT2D eigenvalue weighted by atomic mass is 10.2. The summed E-state index contributed by atoms with van der Waals surface area (Å²) < 4.78 is 0. The minimum atomic E-state index is -0.252. The van der Waals surface area contributed by atoms with Crippen molar-refractivity contribution in [2.24, 2.45) is 0 Å². The van der Waals surface area contributed by atoms with Crippen LogP contribution in [0.4, 0.5) is 11.4 Å². The normalized spacial score (nSPS) is 9.56. The first-order valence-corrected chi connectivity index (χ1v) is 5.31. The van der Waals surface area contributed by atoms with Gasteiger partial charge < -0.3 is 10.6 Å². The summed E-state index contributed by atoms with van der Waals surface area (Å²) in [5.74, 6) is -0.252. The van der Waals surface area contributed by atoms with Crippen molar-refractivity contribution in [1.29, 1.82) is 0 Å². The van der Waals surface area contributed by atoms with E-state index in [0.29, 0.717) is 23.3 Å². The smallest absolute Gasteiger partial charge is 0.255 e. The highest BCUT2D eigenvalue weighted by Gasteiger charge is 2.06. The largest absolute Gasteiger partial charge is 0.329 e. The second-order valence-corrected chi connectivity index (χ2v) is 3.54. The van der Waals surface area contributed by atoms with Crippen molar-refractivity contribution in [2.75, 3.05) is 10.6 Å². The van der Waals surface area contributed by atoms with Gasteiger partial charge in [0.05, 0.1) is 11.9 Å². The topological polar surface area (TPSA) is 71.1 Å². The van der Waals surface area contributed by atoms with Crippen molar-refractivity contribution >= 4 is 23.7 Å². The van der Waals surface area contributed by atoms with Gasteiger partial charge in [-0.15, -0.1) is 0 Å². The van der Waals surface area contributed by atoms with Crippen LogP contribution in [0.25, 0.3) is 0 Å². The summed E-state index contributed by atoms with van der Waals surface area (Å²) in [6.07, 6.45) is 3.76. The average molecular weight is 241 g/mol. The van der Waals surface area contributed by atoms with E-state index in [0.717, 1.165) is 0 Å². The molecule has 0 saturated heterocycles. The van der Waals surface area contributed by atoms with Crippen LogP contribution in [-0.2, 0) is 4.79 Å². The zero-order valence-electron chi connectivity index (χ0n) is 9.46. The number of amides is 2. The van der Waals surface area contributed by atoms with Crippen LogP contribution in [0.5, 0.6) is 0 Å². The minimum absolute atomic E-state index is 0.252. The number of pyridine rings is 1. The van der Waals surface area contributed by atoms with Gasteiger partial charge in [-0.3, -0.25) is 14.6 Å². The van der Waals surface area contributed by atoms with Crippen LogP contribution in [0.1, 0.15) is 10.4 Å². The molecule has 0 aliphatic rings. The Morgan fingerprint density at radius 2 is 2.00 bits per heavy atom. The molecule has 0 atom stereocenters. The van der Waals surface area contributed by atoms with Gasteiger partial charge in [0.25, 0.3) is 5.91 Å². The number of carbonyl (C=O) groups excluding carboxylic acids is 2. The number of aromatic nitrogens is 1. The van der Waals surface area contributed by atoms with Crippen molar-refractivity contribution in [3.05, 3.63) is 54.4 Å². The molecular weight excluding hydrogens is 230 g/mol. The van der Waals surface area contributed by atoms with E-state index < -0.39 is 0 Å². The molecule has 0 bridgehead atoms. The van der Waals surface area contributed by atoms with E-state index in [-0.39, 0.29) is 5.91 Å². The first-order valence-electron chi connectivity index (χ1n) is 5.31. The quantitative estimate of drug-likeness (QED) is 0.803. The number of hydrogen-bond acceptors (Lipinski definition) is 3. The molecule has 0 unspecified atom stereocenters. The van der Waals surface area contributed by atoms with Crippen LogP contribution < -0.4 is 10.6 Å². The summed E-state index contributed by atoms with van der Waals surface area (Å²) in [6, 6.07) is 10.2. The van der Waals surface area contributed by atoms with E-state index in [1.54, 1.807) is 48.8 Å². The molecule has 1 aromatic carbocycles. The third kappa shape index (κ3) is 2.91. The molecule has 2 amide bonds. The molecule has 0 spiro atoms. The van der Waals surface area contributed by atoms with E-state index in [1.807, 2.05) is 0 Å². The van der Waals surface area contributed by atoms with E-state index in [2.05, 4.69) is 15.6 Å². The summed E-state index contributed by atoms with van der Waals surface area (Å²) in [5, 5.41) is 5.20. The van der Waals surface area contributed by atoms with E-state index >= 15 is 0 Å². The van der Waals surface area contributed by atoms with Gasteiger partial charge in [-0.1, -0.05) is 6.07 Å². The Labute approximate surface area is 104 Å². The first-order chi connectivity index (χ1) is 8.79. The van der Waals surface area contributed by atoms with Crippen molar-refractivity contribution in [3.63, 3.8) is 0 Å². The Hall–Kier alpha value is -2.69. The van der Waals surface area contributed by atoms with Crippen molar-refractivity contribution < 1.29 is 9.59 Å². The van der Waals surface area contributed by atoms with E-state index in [9.17, 15) is 9.59 Å². The minimum Gasteiger partial charge on any atom is -0.329 e. The Kier molecular flexibility index (Phi) is 3.66. The molecule has 1 aromatic heterocycles. The molecule has 18 heavy (non-hydrogen) atoms. The molecular formula is C13H11N3O2. The van der Waals surface area contributed by atoms with Gasteiger partial charge in [-0.25, -0.2) is 0 Å². The summed E-state index contributed by atoms with van der Waals surface area (Å²) >= 11 is 0. The van der Waals surface area contributed by atoms with Gasteiger partial charge in [-0.2, -0.15) is 0 Å². The number of nitrogens with zero attached hydrogens (tertiary/aromatic N) is 1. The number of hydrogen-bond donors (Lipinski definition) is 2. The second kappa shape index (κ2) is 5.58. The Morgan fingerprint density at radius 3 is 2.72 bits per heavy atom. The SMILES string of the molecule is O=CNc1cccc(C(=O)Nc2cccnc2)c1. The van der Waals surface area contributed by atoms with Gasteiger partial charge >= 0.3 is 0 Å². The maximum absolute atomic E-state index is 11.9. The highest BCUT2D eigenvalue weighted by molar-refractivity contribution is 6.04. The van der Waals surface area contributed by atoms with Crippen molar-refractivity contribution in [1.82, 2.24) is 4.98 Å². The maximum atomic E-state index is 11.9. The van der Waals surface area contributed by atoms with Gasteiger partial charge in [0.2, 0.25) is 6.41 Å². The van der Waals surface area contributed by atoms with Crippen molar-refractivity contribution in [2.45, 2.75) is 0 Å². The monoisotopic (exact) mass is 241 g/mol. The molecule has 1 heterocycles. The predicted octanol–water partition coefficient (Wildman–Crippen LogP) is 1.90. The Balaban J connectivity index is 2.13. The van der Waals surface area contributed by atoms with Crippen LogP contribution >= 0.6 is 0 Å². The zero-order valence-corrected chi connectivity index (χ0v) is 9.46. The Bertz CT molecular complexity index is 555. The molecule has 0 aliphatic heterocycles. The molecule has 0 aliphatic carbocycles. The fourth-order valence-corrected chi connectivity index (χ4v) is 1.46. The third-order valence-electron chi connectivity index (χ3n) is 2.27. The molecule has 0 radical (unpaired) electrons. The van der Waals surface area contributed by atoms with Gasteiger partial charge in [-0.05, 0) is 30.3 Å². The lowest BCUT2D eigenvalue weighted by Gasteiger charge is -2.05. The molecule has 0 saturated carbocycles. The summed E-state index contributed by atoms with van der Waals surface area (Å²) in [5.41, 5.74) is 1.66. The fourth-order valence-electron chi connectivity index (χ4n) is 1.46. The number of benzene rings is 1. The highest BCUT2D eigenvalue weighted by atomic mass is 16.1. The molecule has 90 valence electrons. The van der Waals surface area contributed by atoms with E-state index in [4.69, 9.17) is 0 Å². The lowest BCUT2D eigenvalue weighted by Crippen LogP contribution is -2.12. The highest BCUT2D eigenvalue weighted by Crippen LogP contribution is 2.12. The summed E-state index contributed by atoms with van der Waals surface area (Å²) in [7, 11) is 0. The maximum Gasteiger partial charge on any atom is 0.255 e. The first kappa shape index (κ1) is 11.8. The standard InChI is InChI=1S/C13H11N3O2/c17-9-15-11-4-1-3-10(7-11)13(18)16-12-5-2-6-14-8-12/h1-9H,(H,15,17)(H,16,18). The molecule has 2 N–H and O–H groups in total. The van der Waals surface area contributed by atoms with Crippen molar-refractivity contribution in [3.8, 4) is 0 Å². The van der Waals surface area contributed by atoms with Crippen LogP contribution in [0, 0.1) is 0 Å². The number of nitrogens with one attached hydrogen (secondary N) is 2. The van der Waals surface area contributed by atoms with Crippen LogP contribution in [0.15, 0.2) is 48.8 Å². The summed E-state index contributed by atoms with van der Waals surface area (Å²) in [6.45, 7) is 0. The van der Waals surface area contributed by atoms with Gasteiger partial charge in [0.1, 0.15) is 0 Å². The van der Waals surface area contributed by atoms with Crippen LogP contribution in [-0.4, -0.2) is 17.3 Å². The molecule has 5 heteroatoms. The van der Waals surface area contributed by atoms with Crippen LogP contribution in [0.2, 0.25) is 0 Å².